The second-order valence-electron chi connectivity index (χ2n) is 7.24. The molecule has 2 rings (SSSR count). The fraction of sp³-hybridized carbons (Fsp3) is 0.364. The number of amidine groups is 2. The van der Waals surface area contributed by atoms with Gasteiger partial charge < -0.3 is 26.0 Å². The monoisotopic (exact) mass is 636 g/mol. The van der Waals surface area contributed by atoms with Crippen molar-refractivity contribution in [2.75, 3.05) is 25.6 Å². The molecule has 194 valence electrons. The van der Waals surface area contributed by atoms with E-state index in [0.29, 0.717) is 24.3 Å². The van der Waals surface area contributed by atoms with Crippen LogP contribution in [0.5, 0.6) is 11.5 Å². The molecule has 2 aromatic carbocycles. The fourth-order valence-electron chi connectivity index (χ4n) is 2.61. The molecule has 0 amide bonds. The van der Waals surface area contributed by atoms with Gasteiger partial charge in [-0.1, -0.05) is 0 Å². The number of benzene rings is 2. The van der Waals surface area contributed by atoms with E-state index in [1.54, 1.807) is 24.3 Å². The SMILES string of the molecule is N=C(N)c1ccc(OCCCCCCOc2ccc(C(=N)N)cc2Br)c(Br)c1.O=S(=O)(O)CCO. The number of hydrogen-bond donors (Lipinski definition) is 6. The van der Waals surface area contributed by atoms with E-state index in [1.165, 1.54) is 0 Å². The molecule has 0 radical (unpaired) electrons. The number of nitrogens with one attached hydrogen (secondary N) is 2. The van der Waals surface area contributed by atoms with Crippen LogP contribution in [0.15, 0.2) is 45.3 Å². The first-order chi connectivity index (χ1) is 16.4. The number of unbranched alkanes of at least 4 members (excludes halogenated alkanes) is 3. The van der Waals surface area contributed by atoms with Crippen molar-refractivity contribution in [2.24, 2.45) is 11.5 Å². The Morgan fingerprint density at radius 1 is 0.829 bits per heavy atom. The lowest BCUT2D eigenvalue weighted by Gasteiger charge is -2.10. The molecule has 0 aromatic heterocycles. The fourth-order valence-corrected chi connectivity index (χ4v) is 3.83. The Bertz CT molecular complexity index is 1030. The molecule has 0 saturated carbocycles. The van der Waals surface area contributed by atoms with Gasteiger partial charge in [0.2, 0.25) is 0 Å². The Labute approximate surface area is 222 Å². The molecule has 0 bridgehead atoms. The van der Waals surface area contributed by atoms with Crippen molar-refractivity contribution in [1.29, 1.82) is 10.8 Å². The number of aliphatic hydroxyl groups is 1. The number of aliphatic hydroxyl groups excluding tert-OH is 1. The molecule has 0 heterocycles. The molecule has 0 unspecified atom stereocenters. The number of ether oxygens (including phenoxy) is 2. The molecular formula is C22H30Br2N4O6S. The Balaban J connectivity index is 0.000000762. The van der Waals surface area contributed by atoms with Crippen LogP contribution >= 0.6 is 31.9 Å². The predicted octanol–water partition coefficient (Wildman–Crippen LogP) is 3.66. The molecule has 8 N–H and O–H groups in total. The van der Waals surface area contributed by atoms with Crippen molar-refractivity contribution in [3.8, 4) is 11.5 Å². The smallest absolute Gasteiger partial charge is 0.267 e. The molecule has 0 atom stereocenters. The molecule has 0 spiro atoms. The lowest BCUT2D eigenvalue weighted by molar-refractivity contribution is 0.286. The van der Waals surface area contributed by atoms with Gasteiger partial charge in [0.1, 0.15) is 23.2 Å². The number of halogens is 2. The van der Waals surface area contributed by atoms with Crippen LogP contribution in [0.25, 0.3) is 0 Å². The van der Waals surface area contributed by atoms with Gasteiger partial charge in [0, 0.05) is 11.1 Å². The quantitative estimate of drug-likeness (QED) is 0.0828. The van der Waals surface area contributed by atoms with Crippen LogP contribution < -0.4 is 20.9 Å². The maximum absolute atomic E-state index is 9.63. The van der Waals surface area contributed by atoms with Gasteiger partial charge in [-0.15, -0.1) is 0 Å². The van der Waals surface area contributed by atoms with E-state index in [4.69, 9.17) is 41.4 Å². The van der Waals surface area contributed by atoms with E-state index in [0.717, 1.165) is 46.1 Å². The predicted molar refractivity (Wildman–Crippen MR) is 143 cm³/mol. The van der Waals surface area contributed by atoms with Crippen molar-refractivity contribution in [1.82, 2.24) is 0 Å². The van der Waals surface area contributed by atoms with Gasteiger partial charge in [-0.25, -0.2) is 0 Å². The van der Waals surface area contributed by atoms with Gasteiger partial charge in [-0.3, -0.25) is 15.4 Å². The lowest BCUT2D eigenvalue weighted by atomic mass is 10.2. The third kappa shape index (κ3) is 12.9. The zero-order chi connectivity index (χ0) is 26.4. The van der Waals surface area contributed by atoms with E-state index in [9.17, 15) is 8.42 Å². The summed E-state index contributed by atoms with van der Waals surface area (Å²) in [6.07, 6.45) is 4.02. The molecule has 0 aliphatic heterocycles. The molecule has 10 nitrogen and oxygen atoms in total. The standard InChI is InChI=1S/C20H24Br2N4O2.C2H6O4S/c21-15-11-13(19(23)24)5-7-17(15)27-9-3-1-2-4-10-28-18-8-6-14(20(25)26)12-16(18)22;3-1-2-7(4,5)6/h5-8,11-12H,1-4,9-10H2,(H3,23,24)(H3,25,26);3H,1-2H2,(H,4,5,6). The van der Waals surface area contributed by atoms with Crippen molar-refractivity contribution in [2.45, 2.75) is 25.7 Å². The van der Waals surface area contributed by atoms with Gasteiger partial charge in [0.05, 0.1) is 34.5 Å². The summed E-state index contributed by atoms with van der Waals surface area (Å²) in [5.74, 6) is 1.01. The highest BCUT2D eigenvalue weighted by molar-refractivity contribution is 9.10. The molecule has 0 saturated heterocycles. The summed E-state index contributed by atoms with van der Waals surface area (Å²) in [5, 5.41) is 22.7. The van der Waals surface area contributed by atoms with Gasteiger partial charge in [-0.2, -0.15) is 8.42 Å². The Morgan fingerprint density at radius 2 is 1.23 bits per heavy atom. The van der Waals surface area contributed by atoms with Crippen molar-refractivity contribution in [3.05, 3.63) is 56.5 Å². The molecule has 2 aromatic rings. The van der Waals surface area contributed by atoms with E-state index >= 15 is 0 Å². The van der Waals surface area contributed by atoms with Crippen LogP contribution in [-0.2, 0) is 10.1 Å². The molecule has 0 aliphatic rings. The molecule has 35 heavy (non-hydrogen) atoms. The number of rotatable bonds is 13. The first kappa shape index (κ1) is 30.8. The van der Waals surface area contributed by atoms with E-state index in [1.807, 2.05) is 12.1 Å². The summed E-state index contributed by atoms with van der Waals surface area (Å²) >= 11 is 6.89. The number of nitrogen functional groups attached to an aromatic ring is 2. The minimum absolute atomic E-state index is 0.0382. The minimum atomic E-state index is -3.92. The van der Waals surface area contributed by atoms with Crippen LogP contribution in [0.2, 0.25) is 0 Å². The van der Waals surface area contributed by atoms with Crippen LogP contribution in [-0.4, -0.2) is 55.3 Å². The minimum Gasteiger partial charge on any atom is -0.492 e. The largest absolute Gasteiger partial charge is 0.492 e. The van der Waals surface area contributed by atoms with Gasteiger partial charge in [0.15, 0.2) is 0 Å². The highest BCUT2D eigenvalue weighted by Crippen LogP contribution is 2.27. The van der Waals surface area contributed by atoms with Gasteiger partial charge in [0.25, 0.3) is 10.1 Å². The first-order valence-corrected chi connectivity index (χ1v) is 13.7. The highest BCUT2D eigenvalue weighted by atomic mass is 79.9. The van der Waals surface area contributed by atoms with E-state index in [-0.39, 0.29) is 11.7 Å². The Morgan fingerprint density at radius 3 is 1.49 bits per heavy atom. The maximum atomic E-state index is 9.63. The average molecular weight is 638 g/mol. The van der Waals surface area contributed by atoms with Crippen LogP contribution in [0.1, 0.15) is 36.8 Å². The van der Waals surface area contributed by atoms with Gasteiger partial charge in [-0.05, 0) is 93.9 Å². The van der Waals surface area contributed by atoms with Crippen LogP contribution in [0.3, 0.4) is 0 Å². The summed E-state index contributed by atoms with van der Waals surface area (Å²) in [4.78, 5) is 0. The summed E-state index contributed by atoms with van der Waals surface area (Å²) in [6, 6.07) is 10.8. The van der Waals surface area contributed by atoms with Crippen LogP contribution in [0.4, 0.5) is 0 Å². The van der Waals surface area contributed by atoms with Gasteiger partial charge >= 0.3 is 0 Å². The van der Waals surface area contributed by atoms with Crippen LogP contribution in [0, 0.1) is 10.8 Å². The lowest BCUT2D eigenvalue weighted by Crippen LogP contribution is -2.11. The zero-order valence-electron chi connectivity index (χ0n) is 19.0. The molecular weight excluding hydrogens is 608 g/mol. The van der Waals surface area contributed by atoms with E-state index < -0.39 is 22.5 Å². The molecule has 0 fully saturated rings. The number of hydrogen-bond acceptors (Lipinski definition) is 7. The highest BCUT2D eigenvalue weighted by Gasteiger charge is 2.06. The van der Waals surface area contributed by atoms with E-state index in [2.05, 4.69) is 31.9 Å². The topological polar surface area (TPSA) is 193 Å². The summed E-state index contributed by atoms with van der Waals surface area (Å²) in [5.41, 5.74) is 12.3. The Hall–Kier alpha value is -2.19. The normalized spacial score (nSPS) is 10.7. The third-order valence-electron chi connectivity index (χ3n) is 4.39. The second-order valence-corrected chi connectivity index (χ2v) is 10.5. The summed E-state index contributed by atoms with van der Waals surface area (Å²) < 4.78 is 40.2. The van der Waals surface area contributed by atoms with Crippen molar-refractivity contribution < 1.29 is 27.6 Å². The average Bonchev–Trinajstić information content (AvgIpc) is 2.76. The molecule has 0 aliphatic carbocycles. The summed E-state index contributed by atoms with van der Waals surface area (Å²) in [6.45, 7) is 0.743. The third-order valence-corrected chi connectivity index (χ3v) is 6.33. The van der Waals surface area contributed by atoms with Crippen molar-refractivity contribution >= 4 is 53.6 Å². The zero-order valence-corrected chi connectivity index (χ0v) is 23.0. The van der Waals surface area contributed by atoms with Crippen molar-refractivity contribution in [3.63, 3.8) is 0 Å². The Kier molecular flexibility index (Phi) is 13.9. The first-order valence-electron chi connectivity index (χ1n) is 10.5. The second kappa shape index (κ2) is 15.7. The maximum Gasteiger partial charge on any atom is 0.267 e. The molecule has 13 heteroatoms. The summed E-state index contributed by atoms with van der Waals surface area (Å²) in [7, 11) is -3.92. The number of nitrogens with two attached hydrogens (primary N) is 2.